The Morgan fingerprint density at radius 3 is 2.39 bits per heavy atom. The lowest BCUT2D eigenvalue weighted by atomic mass is 10.2. The number of hydrogen-bond donors (Lipinski definition) is 0. The Morgan fingerprint density at radius 1 is 1.33 bits per heavy atom. The lowest BCUT2D eigenvalue weighted by Gasteiger charge is -2.19. The molecule has 0 spiro atoms. The summed E-state index contributed by atoms with van der Waals surface area (Å²) in [5.41, 5.74) is -0.570. The molecule has 1 aromatic rings. The molecule has 5 nitrogen and oxygen atoms in total. The summed E-state index contributed by atoms with van der Waals surface area (Å²) in [6.07, 6.45) is 3.65. The van der Waals surface area contributed by atoms with Crippen molar-refractivity contribution in [3.8, 4) is 0 Å². The molecule has 0 aromatic carbocycles. The van der Waals surface area contributed by atoms with E-state index in [-0.39, 0.29) is 24.1 Å². The second-order valence-electron chi connectivity index (χ2n) is 5.61. The van der Waals surface area contributed by atoms with Crippen LogP contribution in [-0.4, -0.2) is 20.7 Å². The van der Waals surface area contributed by atoms with Crippen LogP contribution in [-0.2, 0) is 16.1 Å². The molecule has 102 valence electrons. The van der Waals surface area contributed by atoms with Crippen molar-refractivity contribution in [3.05, 3.63) is 22.9 Å². The maximum atomic E-state index is 11.9. The SMILES string of the molecule is CC(C)n1ccn(CCC(=O)OC(C)(C)C)c1=O. The second-order valence-corrected chi connectivity index (χ2v) is 5.61. The standard InChI is InChI=1S/C13H22N2O3/c1-10(2)15-9-8-14(12(15)17)7-6-11(16)18-13(3,4)5/h8-10H,6-7H2,1-5H3. The van der Waals surface area contributed by atoms with Crippen LogP contribution in [0.4, 0.5) is 0 Å². The zero-order chi connectivity index (χ0) is 13.9. The molecule has 0 atom stereocenters. The first-order chi connectivity index (χ1) is 8.20. The highest BCUT2D eigenvalue weighted by Gasteiger charge is 2.16. The van der Waals surface area contributed by atoms with Crippen molar-refractivity contribution < 1.29 is 9.53 Å². The molecule has 0 aliphatic carbocycles. The van der Waals surface area contributed by atoms with E-state index in [0.29, 0.717) is 6.54 Å². The molecular weight excluding hydrogens is 232 g/mol. The first kappa shape index (κ1) is 14.5. The Labute approximate surface area is 107 Å². The number of nitrogens with zero attached hydrogens (tertiary/aromatic N) is 2. The fourth-order valence-electron chi connectivity index (χ4n) is 1.60. The largest absolute Gasteiger partial charge is 0.460 e. The van der Waals surface area contributed by atoms with Gasteiger partial charge in [-0.3, -0.25) is 13.9 Å². The number of esters is 1. The summed E-state index contributed by atoms with van der Waals surface area (Å²) in [5.74, 6) is -0.285. The minimum atomic E-state index is -0.480. The van der Waals surface area contributed by atoms with Gasteiger partial charge in [0.1, 0.15) is 5.60 Å². The molecule has 0 fully saturated rings. The lowest BCUT2D eigenvalue weighted by Crippen LogP contribution is -2.28. The number of rotatable bonds is 4. The highest BCUT2D eigenvalue weighted by molar-refractivity contribution is 5.69. The van der Waals surface area contributed by atoms with Gasteiger partial charge in [0.05, 0.1) is 6.42 Å². The van der Waals surface area contributed by atoms with Gasteiger partial charge in [-0.15, -0.1) is 0 Å². The molecule has 5 heteroatoms. The summed E-state index contributed by atoms with van der Waals surface area (Å²) < 4.78 is 8.36. The van der Waals surface area contributed by atoms with Crippen molar-refractivity contribution in [2.45, 2.75) is 59.2 Å². The zero-order valence-electron chi connectivity index (χ0n) is 11.8. The van der Waals surface area contributed by atoms with Crippen LogP contribution >= 0.6 is 0 Å². The summed E-state index contributed by atoms with van der Waals surface area (Å²) in [7, 11) is 0. The van der Waals surface area contributed by atoms with Gasteiger partial charge < -0.3 is 4.74 Å². The van der Waals surface area contributed by atoms with Gasteiger partial charge in [-0.05, 0) is 34.6 Å². The van der Waals surface area contributed by atoms with E-state index in [9.17, 15) is 9.59 Å². The Morgan fingerprint density at radius 2 is 1.94 bits per heavy atom. The topological polar surface area (TPSA) is 53.2 Å². The van der Waals surface area contributed by atoms with Crippen LogP contribution in [0.2, 0.25) is 0 Å². The van der Waals surface area contributed by atoms with Crippen molar-refractivity contribution >= 4 is 5.97 Å². The number of carbonyl (C=O) groups is 1. The number of imidazole rings is 1. The van der Waals surface area contributed by atoms with Crippen LogP contribution in [0.3, 0.4) is 0 Å². The monoisotopic (exact) mass is 254 g/mol. The molecule has 18 heavy (non-hydrogen) atoms. The third-order valence-electron chi connectivity index (χ3n) is 2.41. The van der Waals surface area contributed by atoms with E-state index >= 15 is 0 Å². The maximum absolute atomic E-state index is 11.9. The van der Waals surface area contributed by atoms with Gasteiger partial charge in [0, 0.05) is 25.0 Å². The number of carbonyl (C=O) groups excluding carboxylic acids is 1. The third kappa shape index (κ3) is 4.05. The number of aromatic nitrogens is 2. The van der Waals surface area contributed by atoms with E-state index in [2.05, 4.69) is 0 Å². The Balaban J connectivity index is 2.60. The molecule has 0 aliphatic rings. The van der Waals surface area contributed by atoms with Gasteiger partial charge in [-0.2, -0.15) is 0 Å². The van der Waals surface area contributed by atoms with E-state index in [0.717, 1.165) is 0 Å². The summed E-state index contributed by atoms with van der Waals surface area (Å²) in [5, 5.41) is 0. The second kappa shape index (κ2) is 5.42. The number of ether oxygens (including phenoxy) is 1. The quantitative estimate of drug-likeness (QED) is 0.772. The van der Waals surface area contributed by atoms with E-state index < -0.39 is 5.60 Å². The average molecular weight is 254 g/mol. The summed E-state index contributed by atoms with van der Waals surface area (Å²) >= 11 is 0. The first-order valence-corrected chi connectivity index (χ1v) is 6.20. The fourth-order valence-corrected chi connectivity index (χ4v) is 1.60. The lowest BCUT2D eigenvalue weighted by molar-refractivity contribution is -0.155. The molecule has 1 aromatic heterocycles. The molecule has 0 unspecified atom stereocenters. The van der Waals surface area contributed by atoms with Gasteiger partial charge in [0.15, 0.2) is 0 Å². The number of aryl methyl sites for hydroxylation is 1. The summed E-state index contributed by atoms with van der Waals surface area (Å²) in [6, 6.07) is 0.125. The number of hydrogen-bond acceptors (Lipinski definition) is 3. The van der Waals surface area contributed by atoms with Crippen LogP contribution in [0.15, 0.2) is 17.2 Å². The van der Waals surface area contributed by atoms with Crippen LogP contribution in [0.5, 0.6) is 0 Å². The molecule has 1 heterocycles. The summed E-state index contributed by atoms with van der Waals surface area (Å²) in [4.78, 5) is 23.4. The fraction of sp³-hybridized carbons (Fsp3) is 0.692. The van der Waals surface area contributed by atoms with Crippen molar-refractivity contribution in [2.75, 3.05) is 0 Å². The average Bonchev–Trinajstić information content (AvgIpc) is 2.54. The molecule has 0 bridgehead atoms. The van der Waals surface area contributed by atoms with Crippen LogP contribution in [0, 0.1) is 0 Å². The van der Waals surface area contributed by atoms with E-state index in [1.54, 1.807) is 17.0 Å². The molecule has 0 saturated heterocycles. The molecule has 0 aliphatic heterocycles. The predicted octanol–water partition coefficient (Wildman–Crippen LogP) is 1.96. The van der Waals surface area contributed by atoms with E-state index in [1.807, 2.05) is 34.6 Å². The van der Waals surface area contributed by atoms with Crippen LogP contribution in [0.1, 0.15) is 47.1 Å². The first-order valence-electron chi connectivity index (χ1n) is 6.20. The van der Waals surface area contributed by atoms with Gasteiger partial charge in [-0.25, -0.2) is 4.79 Å². The molecule has 0 radical (unpaired) electrons. The minimum Gasteiger partial charge on any atom is -0.460 e. The van der Waals surface area contributed by atoms with Gasteiger partial charge in [0.25, 0.3) is 0 Å². The summed E-state index contributed by atoms with van der Waals surface area (Å²) in [6.45, 7) is 9.72. The van der Waals surface area contributed by atoms with E-state index in [4.69, 9.17) is 4.74 Å². The van der Waals surface area contributed by atoms with Crippen LogP contribution in [0.25, 0.3) is 0 Å². The third-order valence-corrected chi connectivity index (χ3v) is 2.41. The van der Waals surface area contributed by atoms with Crippen molar-refractivity contribution in [2.24, 2.45) is 0 Å². The van der Waals surface area contributed by atoms with E-state index in [1.165, 1.54) is 4.57 Å². The molecule has 1 rings (SSSR count). The molecule has 0 N–H and O–H groups in total. The van der Waals surface area contributed by atoms with Crippen molar-refractivity contribution in [1.29, 1.82) is 0 Å². The predicted molar refractivity (Wildman–Crippen MR) is 69.5 cm³/mol. The maximum Gasteiger partial charge on any atom is 0.328 e. The van der Waals surface area contributed by atoms with Gasteiger partial charge in [-0.1, -0.05) is 0 Å². The minimum absolute atomic E-state index is 0.0893. The van der Waals surface area contributed by atoms with Crippen LogP contribution < -0.4 is 5.69 Å². The molecule has 0 amide bonds. The highest BCUT2D eigenvalue weighted by atomic mass is 16.6. The zero-order valence-corrected chi connectivity index (χ0v) is 11.8. The Hall–Kier alpha value is -1.52. The Bertz CT molecular complexity index is 463. The normalized spacial score (nSPS) is 11.9. The molecule has 0 saturated carbocycles. The van der Waals surface area contributed by atoms with Gasteiger partial charge in [0.2, 0.25) is 0 Å². The Kier molecular flexibility index (Phi) is 4.38. The van der Waals surface area contributed by atoms with Crippen molar-refractivity contribution in [1.82, 2.24) is 9.13 Å². The highest BCUT2D eigenvalue weighted by Crippen LogP contribution is 2.08. The van der Waals surface area contributed by atoms with Gasteiger partial charge >= 0.3 is 11.7 Å². The smallest absolute Gasteiger partial charge is 0.328 e. The van der Waals surface area contributed by atoms with Crippen molar-refractivity contribution in [3.63, 3.8) is 0 Å². The molecular formula is C13H22N2O3.